The summed E-state index contributed by atoms with van der Waals surface area (Å²) < 4.78 is 18.1. The van der Waals surface area contributed by atoms with Crippen molar-refractivity contribution in [1.29, 1.82) is 0 Å². The summed E-state index contributed by atoms with van der Waals surface area (Å²) in [5.74, 6) is 0. The summed E-state index contributed by atoms with van der Waals surface area (Å²) in [6.07, 6.45) is 0. The molecule has 0 bridgehead atoms. The van der Waals surface area contributed by atoms with Gasteiger partial charge in [0, 0.05) is 0 Å². The van der Waals surface area contributed by atoms with Crippen molar-refractivity contribution in [2.45, 2.75) is 0 Å². The van der Waals surface area contributed by atoms with Crippen LogP contribution >= 0.6 is 0 Å². The minimum atomic E-state index is -2.67. The number of anilines is 1. The second kappa shape index (κ2) is 3.06. The molecule has 54 valence electrons. The van der Waals surface area contributed by atoms with E-state index in [4.69, 9.17) is 13.9 Å². The molecule has 4 heteroatoms. The fourth-order valence-electron chi connectivity index (χ4n) is 0.608. The Morgan fingerprint density at radius 2 is 1.60 bits per heavy atom. The Bertz CT molecular complexity index is 209. The zero-order valence-electron chi connectivity index (χ0n) is 5.23. The van der Waals surface area contributed by atoms with E-state index in [1.54, 1.807) is 24.3 Å². The van der Waals surface area contributed by atoms with Gasteiger partial charge in [-0.2, -0.15) is 0 Å². The van der Waals surface area contributed by atoms with Crippen molar-refractivity contribution in [3.63, 3.8) is 0 Å². The first-order valence-electron chi connectivity index (χ1n) is 2.73. The summed E-state index contributed by atoms with van der Waals surface area (Å²) in [6.45, 7) is 0. The molecule has 1 aromatic rings. The van der Waals surface area contributed by atoms with Crippen molar-refractivity contribution in [2.75, 3.05) is 5.73 Å². The molecular formula is C6H8AsNO2. The molecule has 0 heterocycles. The van der Waals surface area contributed by atoms with E-state index in [1.165, 1.54) is 0 Å². The molecule has 1 aromatic carbocycles. The molecule has 10 heavy (non-hydrogen) atoms. The molecule has 0 unspecified atom stereocenters. The maximum absolute atomic E-state index is 8.78. The van der Waals surface area contributed by atoms with Crippen LogP contribution in [0.15, 0.2) is 24.3 Å². The zero-order valence-corrected chi connectivity index (χ0v) is 7.10. The molecule has 0 aliphatic heterocycles. The third-order valence-electron chi connectivity index (χ3n) is 1.12. The van der Waals surface area contributed by atoms with Crippen LogP contribution in [0.5, 0.6) is 0 Å². The topological polar surface area (TPSA) is 66.5 Å². The molecule has 0 aliphatic rings. The fraction of sp³-hybridized carbons (Fsp3) is 0. The van der Waals surface area contributed by atoms with Crippen LogP contribution in [0.3, 0.4) is 0 Å². The van der Waals surface area contributed by atoms with Crippen LogP contribution in [-0.2, 0) is 0 Å². The zero-order chi connectivity index (χ0) is 7.56. The first kappa shape index (κ1) is 7.60. The van der Waals surface area contributed by atoms with Crippen LogP contribution in [0, 0.1) is 0 Å². The molecule has 0 saturated heterocycles. The van der Waals surface area contributed by atoms with Crippen LogP contribution in [-0.4, -0.2) is 23.5 Å². The summed E-state index contributed by atoms with van der Waals surface area (Å²) in [4.78, 5) is 0. The van der Waals surface area contributed by atoms with Crippen molar-refractivity contribution in [3.8, 4) is 0 Å². The number of benzene rings is 1. The molecule has 3 nitrogen and oxygen atoms in total. The molecule has 1 rings (SSSR count). The predicted molar refractivity (Wildman–Crippen MR) is 40.7 cm³/mol. The van der Waals surface area contributed by atoms with Gasteiger partial charge in [0.05, 0.1) is 0 Å². The summed E-state index contributed by atoms with van der Waals surface area (Å²) in [6, 6.07) is 6.58. The SMILES string of the molecule is Nc1ccc([As](O)O)cc1. The Kier molecular flexibility index (Phi) is 2.33. The van der Waals surface area contributed by atoms with Gasteiger partial charge < -0.3 is 0 Å². The normalized spacial score (nSPS) is 10.3. The average Bonchev–Trinajstić information content (AvgIpc) is 1.88. The number of nitrogens with two attached hydrogens (primary N) is 1. The van der Waals surface area contributed by atoms with Crippen LogP contribution in [0.25, 0.3) is 0 Å². The number of nitrogen functional groups attached to an aromatic ring is 1. The van der Waals surface area contributed by atoms with Gasteiger partial charge >= 0.3 is 63.6 Å². The maximum atomic E-state index is 8.78. The van der Waals surface area contributed by atoms with Gasteiger partial charge in [-0.15, -0.1) is 0 Å². The van der Waals surface area contributed by atoms with E-state index in [1.807, 2.05) is 0 Å². The van der Waals surface area contributed by atoms with E-state index in [2.05, 4.69) is 0 Å². The van der Waals surface area contributed by atoms with E-state index in [0.29, 0.717) is 10.0 Å². The van der Waals surface area contributed by atoms with Gasteiger partial charge in [0.15, 0.2) is 0 Å². The van der Waals surface area contributed by atoms with Gasteiger partial charge in [0.25, 0.3) is 0 Å². The second-order valence-electron chi connectivity index (χ2n) is 1.88. The molecule has 0 fully saturated rings. The Hall–Kier alpha value is -0.502. The van der Waals surface area contributed by atoms with Gasteiger partial charge in [-0.25, -0.2) is 0 Å². The van der Waals surface area contributed by atoms with Crippen LogP contribution in [0.4, 0.5) is 5.69 Å². The van der Waals surface area contributed by atoms with Gasteiger partial charge in [-0.05, 0) is 0 Å². The summed E-state index contributed by atoms with van der Waals surface area (Å²) in [5.41, 5.74) is 6.02. The second-order valence-corrected chi connectivity index (χ2v) is 4.18. The molecule has 0 spiro atoms. The molecule has 4 N–H and O–H groups in total. The van der Waals surface area contributed by atoms with Crippen molar-refractivity contribution in [1.82, 2.24) is 0 Å². The Morgan fingerprint density at radius 3 is 2.00 bits per heavy atom. The summed E-state index contributed by atoms with van der Waals surface area (Å²) in [5, 5.41) is 0. The third kappa shape index (κ3) is 1.74. The Labute approximate surface area is 64.1 Å². The predicted octanol–water partition coefficient (Wildman–Crippen LogP) is -1.05. The number of hydrogen-bond acceptors (Lipinski definition) is 3. The molecule has 0 aromatic heterocycles. The van der Waals surface area contributed by atoms with E-state index in [-0.39, 0.29) is 0 Å². The Balaban J connectivity index is 2.89. The van der Waals surface area contributed by atoms with Crippen LogP contribution in [0.2, 0.25) is 0 Å². The molecular weight excluding hydrogens is 193 g/mol. The molecule has 0 aliphatic carbocycles. The monoisotopic (exact) mass is 201 g/mol. The van der Waals surface area contributed by atoms with Gasteiger partial charge in [-0.1, -0.05) is 0 Å². The van der Waals surface area contributed by atoms with Crippen molar-refractivity contribution >= 4 is 25.4 Å². The molecule has 0 radical (unpaired) electrons. The first-order valence-corrected chi connectivity index (χ1v) is 5.35. The van der Waals surface area contributed by atoms with Gasteiger partial charge in [-0.3, -0.25) is 0 Å². The minimum absolute atomic E-state index is 0.599. The van der Waals surface area contributed by atoms with E-state index < -0.39 is 15.3 Å². The van der Waals surface area contributed by atoms with E-state index >= 15 is 0 Å². The van der Waals surface area contributed by atoms with Crippen LogP contribution in [0.1, 0.15) is 0 Å². The quantitative estimate of drug-likeness (QED) is 0.401. The standard InChI is InChI=1S/C6H8AsNO2/c8-6-3-1-5(2-4-6)7(9)10/h1-4,9-10H,8H2. The fourth-order valence-corrected chi connectivity index (χ4v) is 1.48. The Morgan fingerprint density at radius 1 is 1.10 bits per heavy atom. The van der Waals surface area contributed by atoms with Crippen molar-refractivity contribution in [2.24, 2.45) is 0 Å². The van der Waals surface area contributed by atoms with Crippen molar-refractivity contribution < 1.29 is 8.19 Å². The molecule has 0 saturated carbocycles. The van der Waals surface area contributed by atoms with Gasteiger partial charge in [0.2, 0.25) is 0 Å². The molecule has 0 amide bonds. The number of hydrogen-bond donors (Lipinski definition) is 3. The summed E-state index contributed by atoms with van der Waals surface area (Å²) >= 11 is -2.67. The van der Waals surface area contributed by atoms with Gasteiger partial charge in [0.1, 0.15) is 0 Å². The average molecular weight is 201 g/mol. The number of rotatable bonds is 1. The molecule has 0 atom stereocenters. The third-order valence-corrected chi connectivity index (χ3v) is 2.72. The van der Waals surface area contributed by atoms with E-state index in [0.717, 1.165) is 0 Å². The van der Waals surface area contributed by atoms with Crippen molar-refractivity contribution in [3.05, 3.63) is 24.3 Å². The van der Waals surface area contributed by atoms with Crippen LogP contribution < -0.4 is 10.1 Å². The summed E-state index contributed by atoms with van der Waals surface area (Å²) in [7, 11) is 0. The van der Waals surface area contributed by atoms with E-state index in [9.17, 15) is 0 Å². The first-order chi connectivity index (χ1) is 4.70.